The first-order valence-corrected chi connectivity index (χ1v) is 6.66. The Kier molecular flexibility index (Phi) is 3.54. The lowest BCUT2D eigenvalue weighted by Gasteiger charge is -2.09. The van der Waals surface area contributed by atoms with Crippen molar-refractivity contribution in [2.45, 2.75) is 13.5 Å². The third-order valence-corrected chi connectivity index (χ3v) is 3.16. The molecule has 0 saturated heterocycles. The molecule has 2 aromatic heterocycles. The Bertz CT molecular complexity index is 887. The molecule has 0 saturated carbocycles. The SMILES string of the molecule is CCn1c(=O)ccc2cnc(Nc3cc(F)cc(F)c3)nc21. The van der Waals surface area contributed by atoms with Crippen molar-refractivity contribution in [3.05, 3.63) is 58.5 Å². The fourth-order valence-corrected chi connectivity index (χ4v) is 2.19. The van der Waals surface area contributed by atoms with Gasteiger partial charge in [0.2, 0.25) is 5.95 Å². The smallest absolute Gasteiger partial charge is 0.252 e. The molecule has 0 fully saturated rings. The molecule has 112 valence electrons. The molecule has 0 aliphatic heterocycles. The Labute approximate surface area is 124 Å². The van der Waals surface area contributed by atoms with Gasteiger partial charge in [-0.1, -0.05) is 0 Å². The van der Waals surface area contributed by atoms with E-state index >= 15 is 0 Å². The fraction of sp³-hybridized carbons (Fsp3) is 0.133. The van der Waals surface area contributed by atoms with Gasteiger partial charge >= 0.3 is 0 Å². The number of anilines is 2. The van der Waals surface area contributed by atoms with Crippen LogP contribution in [0.1, 0.15) is 6.92 Å². The summed E-state index contributed by atoms with van der Waals surface area (Å²) < 4.78 is 27.9. The topological polar surface area (TPSA) is 59.8 Å². The summed E-state index contributed by atoms with van der Waals surface area (Å²) in [5.74, 6) is -1.24. The summed E-state index contributed by atoms with van der Waals surface area (Å²) in [6, 6.07) is 6.13. The molecule has 1 aromatic carbocycles. The summed E-state index contributed by atoms with van der Waals surface area (Å²) in [5.41, 5.74) is 0.485. The molecule has 5 nitrogen and oxygen atoms in total. The summed E-state index contributed by atoms with van der Waals surface area (Å²) in [7, 11) is 0. The summed E-state index contributed by atoms with van der Waals surface area (Å²) >= 11 is 0. The summed E-state index contributed by atoms with van der Waals surface area (Å²) in [6.07, 6.45) is 1.55. The molecule has 1 N–H and O–H groups in total. The van der Waals surface area contributed by atoms with Crippen LogP contribution in [0.15, 0.2) is 41.3 Å². The Morgan fingerprint density at radius 3 is 2.59 bits per heavy atom. The molecule has 0 aliphatic rings. The Hall–Kier alpha value is -2.83. The highest BCUT2D eigenvalue weighted by atomic mass is 19.1. The largest absolute Gasteiger partial charge is 0.324 e. The highest BCUT2D eigenvalue weighted by Crippen LogP contribution is 2.18. The number of nitrogens with zero attached hydrogens (tertiary/aromatic N) is 3. The molecule has 22 heavy (non-hydrogen) atoms. The second-order valence-electron chi connectivity index (χ2n) is 4.67. The number of hydrogen-bond donors (Lipinski definition) is 1. The van der Waals surface area contributed by atoms with Crippen molar-refractivity contribution in [2.24, 2.45) is 0 Å². The number of nitrogens with one attached hydrogen (secondary N) is 1. The van der Waals surface area contributed by atoms with E-state index < -0.39 is 11.6 Å². The van der Waals surface area contributed by atoms with E-state index in [0.717, 1.165) is 18.2 Å². The zero-order valence-electron chi connectivity index (χ0n) is 11.7. The summed E-state index contributed by atoms with van der Waals surface area (Å²) in [6.45, 7) is 2.29. The zero-order valence-corrected chi connectivity index (χ0v) is 11.7. The lowest BCUT2D eigenvalue weighted by Crippen LogP contribution is -2.19. The molecule has 7 heteroatoms. The van der Waals surface area contributed by atoms with Gasteiger partial charge < -0.3 is 5.32 Å². The minimum absolute atomic E-state index is 0.158. The van der Waals surface area contributed by atoms with Gasteiger partial charge in [-0.2, -0.15) is 4.98 Å². The summed E-state index contributed by atoms with van der Waals surface area (Å²) in [5, 5.41) is 3.44. The molecule has 2 heterocycles. The molecule has 0 radical (unpaired) electrons. The average Bonchev–Trinajstić information content (AvgIpc) is 2.46. The monoisotopic (exact) mass is 302 g/mol. The van der Waals surface area contributed by atoms with Crippen LogP contribution in [0.2, 0.25) is 0 Å². The van der Waals surface area contributed by atoms with Crippen LogP contribution in [0, 0.1) is 11.6 Å². The molecule has 0 unspecified atom stereocenters. The van der Waals surface area contributed by atoms with Gasteiger partial charge in [-0.25, -0.2) is 13.8 Å². The van der Waals surface area contributed by atoms with Crippen LogP contribution in [0.4, 0.5) is 20.4 Å². The molecular weight excluding hydrogens is 290 g/mol. The van der Waals surface area contributed by atoms with Crippen LogP contribution in [0.5, 0.6) is 0 Å². The van der Waals surface area contributed by atoms with E-state index in [-0.39, 0.29) is 17.2 Å². The van der Waals surface area contributed by atoms with Crippen molar-refractivity contribution in [1.82, 2.24) is 14.5 Å². The van der Waals surface area contributed by atoms with Crippen LogP contribution in [-0.2, 0) is 6.54 Å². The molecule has 3 aromatic rings. The molecule has 0 aliphatic carbocycles. The van der Waals surface area contributed by atoms with Crippen LogP contribution >= 0.6 is 0 Å². The first-order valence-electron chi connectivity index (χ1n) is 6.66. The van der Waals surface area contributed by atoms with Crippen molar-refractivity contribution in [2.75, 3.05) is 5.32 Å². The van der Waals surface area contributed by atoms with Gasteiger partial charge in [-0.05, 0) is 25.1 Å². The van der Waals surface area contributed by atoms with Gasteiger partial charge in [0, 0.05) is 35.9 Å². The number of pyridine rings is 1. The maximum absolute atomic E-state index is 13.2. The molecule has 3 rings (SSSR count). The third-order valence-electron chi connectivity index (χ3n) is 3.16. The highest BCUT2D eigenvalue weighted by molar-refractivity contribution is 5.75. The van der Waals surface area contributed by atoms with E-state index in [1.54, 1.807) is 12.3 Å². The molecular formula is C15H12F2N4O. The predicted octanol–water partition coefficient (Wildman–Crippen LogP) is 2.83. The average molecular weight is 302 g/mol. The maximum Gasteiger partial charge on any atom is 0.252 e. The Morgan fingerprint density at radius 2 is 1.91 bits per heavy atom. The van der Waals surface area contributed by atoms with E-state index in [1.165, 1.54) is 10.6 Å². The number of hydrogen-bond acceptors (Lipinski definition) is 4. The molecule has 0 amide bonds. The van der Waals surface area contributed by atoms with Crippen molar-refractivity contribution < 1.29 is 8.78 Å². The third kappa shape index (κ3) is 2.65. The Morgan fingerprint density at radius 1 is 1.18 bits per heavy atom. The zero-order chi connectivity index (χ0) is 15.7. The first-order chi connectivity index (χ1) is 10.6. The van der Waals surface area contributed by atoms with E-state index in [0.29, 0.717) is 17.6 Å². The van der Waals surface area contributed by atoms with Gasteiger partial charge in [-0.15, -0.1) is 0 Å². The van der Waals surface area contributed by atoms with Crippen molar-refractivity contribution in [1.29, 1.82) is 0 Å². The fourth-order valence-electron chi connectivity index (χ4n) is 2.19. The Balaban J connectivity index is 2.06. The standard InChI is InChI=1S/C15H12F2N4O/c1-2-21-13(22)4-3-9-8-18-15(20-14(9)21)19-12-6-10(16)5-11(17)7-12/h3-8H,2H2,1H3,(H,18,19,20). The lowest BCUT2D eigenvalue weighted by atomic mass is 10.3. The number of aromatic nitrogens is 3. The normalized spacial score (nSPS) is 10.9. The molecule has 0 bridgehead atoms. The van der Waals surface area contributed by atoms with Gasteiger partial charge in [0.15, 0.2) is 0 Å². The van der Waals surface area contributed by atoms with E-state index in [4.69, 9.17) is 0 Å². The number of fused-ring (bicyclic) bond motifs is 1. The van der Waals surface area contributed by atoms with E-state index in [9.17, 15) is 13.6 Å². The van der Waals surface area contributed by atoms with Crippen LogP contribution in [0.3, 0.4) is 0 Å². The minimum atomic E-state index is -0.700. The van der Waals surface area contributed by atoms with Crippen molar-refractivity contribution >= 4 is 22.7 Å². The quantitative estimate of drug-likeness (QED) is 0.808. The molecule has 0 spiro atoms. The van der Waals surface area contributed by atoms with Crippen LogP contribution in [0.25, 0.3) is 11.0 Å². The maximum atomic E-state index is 13.2. The second kappa shape index (κ2) is 5.51. The number of rotatable bonds is 3. The number of halogens is 2. The molecule has 0 atom stereocenters. The number of aryl methyl sites for hydroxylation is 1. The minimum Gasteiger partial charge on any atom is -0.324 e. The van der Waals surface area contributed by atoms with Gasteiger partial charge in [0.25, 0.3) is 5.56 Å². The lowest BCUT2D eigenvalue weighted by molar-refractivity contribution is 0.584. The number of benzene rings is 1. The highest BCUT2D eigenvalue weighted by Gasteiger charge is 2.07. The van der Waals surface area contributed by atoms with E-state index in [1.807, 2.05) is 6.92 Å². The van der Waals surface area contributed by atoms with Gasteiger partial charge in [-0.3, -0.25) is 9.36 Å². The summed E-state index contributed by atoms with van der Waals surface area (Å²) in [4.78, 5) is 20.1. The van der Waals surface area contributed by atoms with Crippen LogP contribution < -0.4 is 10.9 Å². The van der Waals surface area contributed by atoms with Crippen molar-refractivity contribution in [3.8, 4) is 0 Å². The van der Waals surface area contributed by atoms with Crippen molar-refractivity contribution in [3.63, 3.8) is 0 Å². The van der Waals surface area contributed by atoms with Gasteiger partial charge in [0.05, 0.1) is 0 Å². The van der Waals surface area contributed by atoms with Crippen LogP contribution in [-0.4, -0.2) is 14.5 Å². The van der Waals surface area contributed by atoms with E-state index in [2.05, 4.69) is 15.3 Å². The first kappa shape index (κ1) is 14.1. The van der Waals surface area contributed by atoms with Gasteiger partial charge in [0.1, 0.15) is 17.3 Å². The predicted molar refractivity (Wildman–Crippen MR) is 79.1 cm³/mol. The second-order valence-corrected chi connectivity index (χ2v) is 4.67.